The zero-order valence-corrected chi connectivity index (χ0v) is 15.9. The average Bonchev–Trinajstić information content (AvgIpc) is 2.98. The lowest BCUT2D eigenvalue weighted by Gasteiger charge is -2.35. The standard InChI is InChI=1S/C19H26N4OS/c1-13-8-14(2)12-23(11-13)18-7-5-16(9-20-18)22-19(25)21-10-17-6-4-15(3)24-17/h4-7,9,13-14H,8,10-12H2,1-3H3,(H2,21,22,25)/t13-,14-/m1/s1. The van der Waals surface area contributed by atoms with Gasteiger partial charge in [-0.25, -0.2) is 4.98 Å². The van der Waals surface area contributed by atoms with E-state index in [-0.39, 0.29) is 0 Å². The fraction of sp³-hybridized carbons (Fsp3) is 0.474. The summed E-state index contributed by atoms with van der Waals surface area (Å²) in [6, 6.07) is 7.98. The Labute approximate surface area is 154 Å². The van der Waals surface area contributed by atoms with Crippen molar-refractivity contribution >= 4 is 28.8 Å². The maximum absolute atomic E-state index is 5.52. The molecule has 0 aliphatic carbocycles. The number of nitrogens with one attached hydrogen (secondary N) is 2. The first-order chi connectivity index (χ1) is 12.0. The van der Waals surface area contributed by atoms with Crippen LogP contribution in [0.4, 0.5) is 11.5 Å². The highest BCUT2D eigenvalue weighted by Gasteiger charge is 2.22. The third-order valence-electron chi connectivity index (χ3n) is 4.42. The van der Waals surface area contributed by atoms with Crippen LogP contribution >= 0.6 is 12.2 Å². The molecule has 3 rings (SSSR count). The predicted molar refractivity (Wildman–Crippen MR) is 106 cm³/mol. The van der Waals surface area contributed by atoms with Gasteiger partial charge in [-0.15, -0.1) is 0 Å². The Balaban J connectivity index is 1.52. The van der Waals surface area contributed by atoms with Crippen LogP contribution in [0.15, 0.2) is 34.9 Å². The molecule has 5 nitrogen and oxygen atoms in total. The summed E-state index contributed by atoms with van der Waals surface area (Å²) in [6.07, 6.45) is 3.13. The molecule has 0 radical (unpaired) electrons. The Morgan fingerprint density at radius 1 is 1.24 bits per heavy atom. The minimum absolute atomic E-state index is 0.559. The third kappa shape index (κ3) is 4.95. The van der Waals surface area contributed by atoms with Gasteiger partial charge in [0.2, 0.25) is 0 Å². The minimum Gasteiger partial charge on any atom is -0.465 e. The van der Waals surface area contributed by atoms with Gasteiger partial charge in [0.05, 0.1) is 18.4 Å². The Morgan fingerprint density at radius 2 is 2.00 bits per heavy atom. The lowest BCUT2D eigenvalue weighted by molar-refractivity contribution is 0.355. The number of aromatic nitrogens is 1. The number of anilines is 2. The van der Waals surface area contributed by atoms with E-state index in [1.807, 2.05) is 31.3 Å². The van der Waals surface area contributed by atoms with Crippen LogP contribution in [0.5, 0.6) is 0 Å². The Bertz CT molecular complexity index is 702. The van der Waals surface area contributed by atoms with Gasteiger partial charge in [0.15, 0.2) is 5.11 Å². The van der Waals surface area contributed by atoms with Crippen LogP contribution in [0, 0.1) is 18.8 Å². The minimum atomic E-state index is 0.559. The van der Waals surface area contributed by atoms with Gasteiger partial charge < -0.3 is 20.0 Å². The number of hydrogen-bond acceptors (Lipinski definition) is 4. The number of aryl methyl sites for hydroxylation is 1. The second kappa shape index (κ2) is 7.87. The van der Waals surface area contributed by atoms with Gasteiger partial charge in [0, 0.05) is 13.1 Å². The topological polar surface area (TPSA) is 53.3 Å². The van der Waals surface area contributed by atoms with Gasteiger partial charge in [-0.2, -0.15) is 0 Å². The summed E-state index contributed by atoms with van der Waals surface area (Å²) in [5, 5.41) is 6.86. The molecule has 6 heteroatoms. The van der Waals surface area contributed by atoms with Crippen molar-refractivity contribution < 1.29 is 4.42 Å². The second-order valence-electron chi connectivity index (χ2n) is 7.08. The summed E-state index contributed by atoms with van der Waals surface area (Å²) in [6.45, 7) is 9.26. The number of nitrogens with zero attached hydrogens (tertiary/aromatic N) is 2. The smallest absolute Gasteiger partial charge is 0.171 e. The van der Waals surface area contributed by atoms with Gasteiger partial charge in [-0.05, 0) is 61.7 Å². The van der Waals surface area contributed by atoms with Crippen molar-refractivity contribution in [1.29, 1.82) is 0 Å². The van der Waals surface area contributed by atoms with Crippen molar-refractivity contribution in [2.45, 2.75) is 33.7 Å². The normalized spacial score (nSPS) is 20.4. The van der Waals surface area contributed by atoms with Crippen molar-refractivity contribution in [3.8, 4) is 0 Å². The van der Waals surface area contributed by atoms with E-state index < -0.39 is 0 Å². The number of rotatable bonds is 4. The van der Waals surface area contributed by atoms with E-state index in [0.717, 1.165) is 36.1 Å². The van der Waals surface area contributed by atoms with Crippen molar-refractivity contribution in [3.63, 3.8) is 0 Å². The monoisotopic (exact) mass is 358 g/mol. The summed E-state index contributed by atoms with van der Waals surface area (Å²) in [7, 11) is 0. The molecule has 0 spiro atoms. The van der Waals surface area contributed by atoms with Crippen LogP contribution < -0.4 is 15.5 Å². The van der Waals surface area contributed by atoms with Crippen LogP contribution in [0.25, 0.3) is 0 Å². The molecular weight excluding hydrogens is 332 g/mol. The second-order valence-corrected chi connectivity index (χ2v) is 7.48. The molecule has 1 saturated heterocycles. The number of pyridine rings is 1. The van der Waals surface area contributed by atoms with Crippen molar-refractivity contribution in [3.05, 3.63) is 42.0 Å². The van der Waals surface area contributed by atoms with Crippen molar-refractivity contribution in [1.82, 2.24) is 10.3 Å². The maximum Gasteiger partial charge on any atom is 0.171 e. The molecule has 134 valence electrons. The average molecular weight is 359 g/mol. The highest BCUT2D eigenvalue weighted by atomic mass is 32.1. The zero-order chi connectivity index (χ0) is 17.8. The molecule has 0 aromatic carbocycles. The summed E-state index contributed by atoms with van der Waals surface area (Å²) in [5.74, 6) is 4.23. The molecule has 1 fully saturated rings. The van der Waals surface area contributed by atoms with E-state index in [4.69, 9.17) is 16.6 Å². The van der Waals surface area contributed by atoms with Crippen molar-refractivity contribution in [2.24, 2.45) is 11.8 Å². The molecule has 0 saturated carbocycles. The number of furan rings is 1. The molecule has 1 aliphatic rings. The molecule has 0 bridgehead atoms. The lowest BCUT2D eigenvalue weighted by atomic mass is 9.92. The van der Waals surface area contributed by atoms with E-state index in [9.17, 15) is 0 Å². The maximum atomic E-state index is 5.52. The Kier molecular flexibility index (Phi) is 5.58. The first-order valence-electron chi connectivity index (χ1n) is 8.81. The SMILES string of the molecule is Cc1ccc(CNC(=S)Nc2ccc(N3C[C@H](C)C[C@@H](C)C3)nc2)o1. The van der Waals surface area contributed by atoms with Crippen LogP contribution in [0.2, 0.25) is 0 Å². The lowest BCUT2D eigenvalue weighted by Crippen LogP contribution is -2.39. The first kappa shape index (κ1) is 17.7. The van der Waals surface area contributed by atoms with Crippen LogP contribution in [-0.4, -0.2) is 23.2 Å². The molecule has 2 aromatic rings. The van der Waals surface area contributed by atoms with Crippen molar-refractivity contribution in [2.75, 3.05) is 23.3 Å². The summed E-state index contributed by atoms with van der Waals surface area (Å²) in [4.78, 5) is 6.98. The fourth-order valence-electron chi connectivity index (χ4n) is 3.42. The van der Waals surface area contributed by atoms with E-state index in [0.29, 0.717) is 23.5 Å². The molecule has 0 unspecified atom stereocenters. The van der Waals surface area contributed by atoms with Gasteiger partial charge in [0.1, 0.15) is 17.3 Å². The number of hydrogen-bond donors (Lipinski definition) is 2. The number of thiocarbonyl (C=S) groups is 1. The highest BCUT2D eigenvalue weighted by molar-refractivity contribution is 7.80. The zero-order valence-electron chi connectivity index (χ0n) is 15.1. The molecule has 3 heterocycles. The Morgan fingerprint density at radius 3 is 2.60 bits per heavy atom. The van der Waals surface area contributed by atoms with Crippen LogP contribution in [-0.2, 0) is 6.54 Å². The van der Waals surface area contributed by atoms with E-state index in [1.165, 1.54) is 6.42 Å². The molecule has 25 heavy (non-hydrogen) atoms. The van der Waals surface area contributed by atoms with Gasteiger partial charge >= 0.3 is 0 Å². The Hall–Kier alpha value is -2.08. The molecule has 2 atom stereocenters. The van der Waals surface area contributed by atoms with Gasteiger partial charge in [-0.3, -0.25) is 0 Å². The van der Waals surface area contributed by atoms with Crippen LogP contribution in [0.1, 0.15) is 31.8 Å². The molecule has 2 aromatic heterocycles. The molecular formula is C19H26N4OS. The van der Waals surface area contributed by atoms with Gasteiger partial charge in [0.25, 0.3) is 0 Å². The number of piperidine rings is 1. The fourth-order valence-corrected chi connectivity index (χ4v) is 3.61. The van der Waals surface area contributed by atoms with E-state index in [1.54, 1.807) is 0 Å². The molecule has 0 amide bonds. The summed E-state index contributed by atoms with van der Waals surface area (Å²) >= 11 is 5.33. The molecule has 2 N–H and O–H groups in total. The quantitative estimate of drug-likeness (QED) is 0.807. The third-order valence-corrected chi connectivity index (χ3v) is 4.66. The summed E-state index contributed by atoms with van der Waals surface area (Å²) in [5.41, 5.74) is 0.884. The van der Waals surface area contributed by atoms with Gasteiger partial charge in [-0.1, -0.05) is 13.8 Å². The summed E-state index contributed by atoms with van der Waals surface area (Å²) < 4.78 is 5.52. The first-order valence-corrected chi connectivity index (χ1v) is 9.21. The van der Waals surface area contributed by atoms with E-state index in [2.05, 4.69) is 40.4 Å². The van der Waals surface area contributed by atoms with E-state index >= 15 is 0 Å². The highest BCUT2D eigenvalue weighted by Crippen LogP contribution is 2.25. The van der Waals surface area contributed by atoms with Crippen LogP contribution in [0.3, 0.4) is 0 Å². The largest absolute Gasteiger partial charge is 0.465 e. The predicted octanol–water partition coefficient (Wildman–Crippen LogP) is 3.95. The molecule has 1 aliphatic heterocycles.